The summed E-state index contributed by atoms with van der Waals surface area (Å²) < 4.78 is 17.0. The highest BCUT2D eigenvalue weighted by atomic mass is 19.1. The Kier molecular flexibility index (Phi) is 4.36. The SMILES string of the molecule is OCC1CCCN1c1nc(Nc2cn(-c3cccc(F)c3)cn2)c2cccn2n1. The van der Waals surface area contributed by atoms with E-state index in [-0.39, 0.29) is 18.5 Å². The average Bonchev–Trinajstić information content (AvgIpc) is 3.47. The summed E-state index contributed by atoms with van der Waals surface area (Å²) in [5, 5.41) is 17.5. The predicted octanol–water partition coefficient (Wildman–Crippen LogP) is 2.76. The van der Waals surface area contributed by atoms with Gasteiger partial charge in [-0.1, -0.05) is 6.07 Å². The number of aromatic nitrogens is 5. The Morgan fingerprint density at radius 3 is 3.03 bits per heavy atom. The molecule has 1 atom stereocenters. The number of hydrogen-bond acceptors (Lipinski definition) is 6. The molecule has 1 aromatic carbocycles. The van der Waals surface area contributed by atoms with Crippen LogP contribution in [0.25, 0.3) is 11.2 Å². The third kappa shape index (κ3) is 3.29. The molecule has 1 aliphatic heterocycles. The average molecular weight is 393 g/mol. The van der Waals surface area contributed by atoms with Gasteiger partial charge in [0.2, 0.25) is 5.95 Å². The Morgan fingerprint density at radius 2 is 2.17 bits per heavy atom. The van der Waals surface area contributed by atoms with Crippen molar-refractivity contribution in [2.45, 2.75) is 18.9 Å². The number of rotatable bonds is 5. The summed E-state index contributed by atoms with van der Waals surface area (Å²) in [7, 11) is 0. The Bertz CT molecular complexity index is 1150. The molecule has 4 heterocycles. The normalized spacial score (nSPS) is 16.6. The Hall–Kier alpha value is -3.46. The highest BCUT2D eigenvalue weighted by Crippen LogP contribution is 2.26. The maximum Gasteiger partial charge on any atom is 0.245 e. The van der Waals surface area contributed by atoms with E-state index >= 15 is 0 Å². The van der Waals surface area contributed by atoms with Crippen LogP contribution in [0.5, 0.6) is 0 Å². The fourth-order valence-electron chi connectivity index (χ4n) is 3.71. The van der Waals surface area contributed by atoms with Gasteiger partial charge in [-0.2, -0.15) is 4.98 Å². The first-order chi connectivity index (χ1) is 14.2. The molecule has 1 saturated heterocycles. The number of aliphatic hydroxyl groups is 1. The lowest BCUT2D eigenvalue weighted by atomic mass is 10.2. The first-order valence-corrected chi connectivity index (χ1v) is 9.51. The summed E-state index contributed by atoms with van der Waals surface area (Å²) >= 11 is 0. The lowest BCUT2D eigenvalue weighted by Crippen LogP contribution is -2.34. The molecular formula is C20H20FN7O. The lowest BCUT2D eigenvalue weighted by Gasteiger charge is -2.23. The minimum atomic E-state index is -0.301. The van der Waals surface area contributed by atoms with E-state index in [1.54, 1.807) is 27.7 Å². The Balaban J connectivity index is 1.48. The van der Waals surface area contributed by atoms with Crippen LogP contribution in [0, 0.1) is 5.82 Å². The van der Waals surface area contributed by atoms with Crippen molar-refractivity contribution in [1.82, 2.24) is 24.1 Å². The number of nitrogens with one attached hydrogen (secondary N) is 1. The largest absolute Gasteiger partial charge is 0.394 e. The number of nitrogens with zero attached hydrogens (tertiary/aromatic N) is 6. The first-order valence-electron chi connectivity index (χ1n) is 9.51. The van der Waals surface area contributed by atoms with Gasteiger partial charge in [0.05, 0.1) is 18.8 Å². The second-order valence-electron chi connectivity index (χ2n) is 7.04. The minimum absolute atomic E-state index is 0.0306. The van der Waals surface area contributed by atoms with Gasteiger partial charge in [-0.3, -0.25) is 0 Å². The first kappa shape index (κ1) is 17.6. The van der Waals surface area contributed by atoms with Crippen LogP contribution in [0.2, 0.25) is 0 Å². The van der Waals surface area contributed by atoms with Gasteiger partial charge >= 0.3 is 0 Å². The second kappa shape index (κ2) is 7.17. The molecule has 3 aromatic heterocycles. The van der Waals surface area contributed by atoms with E-state index in [9.17, 15) is 9.50 Å². The summed E-state index contributed by atoms with van der Waals surface area (Å²) in [5.74, 6) is 1.47. The number of aliphatic hydroxyl groups excluding tert-OH is 1. The van der Waals surface area contributed by atoms with Gasteiger partial charge in [0, 0.05) is 18.4 Å². The maximum absolute atomic E-state index is 13.5. The highest BCUT2D eigenvalue weighted by molar-refractivity contribution is 5.73. The fraction of sp³-hybridized carbons (Fsp3) is 0.250. The second-order valence-corrected chi connectivity index (χ2v) is 7.04. The molecule has 9 heteroatoms. The summed E-state index contributed by atoms with van der Waals surface area (Å²) in [6, 6.07) is 10.2. The molecule has 0 saturated carbocycles. The third-order valence-corrected chi connectivity index (χ3v) is 5.16. The molecule has 0 radical (unpaired) electrons. The van der Waals surface area contributed by atoms with Crippen LogP contribution < -0.4 is 10.2 Å². The molecule has 0 aliphatic carbocycles. The van der Waals surface area contributed by atoms with Crippen LogP contribution in [0.3, 0.4) is 0 Å². The van der Waals surface area contributed by atoms with E-state index in [1.807, 2.05) is 29.3 Å². The van der Waals surface area contributed by atoms with E-state index in [0.29, 0.717) is 23.3 Å². The van der Waals surface area contributed by atoms with Crippen LogP contribution in [0.4, 0.5) is 22.0 Å². The number of anilines is 3. The molecule has 0 bridgehead atoms. The predicted molar refractivity (Wildman–Crippen MR) is 107 cm³/mol. The fourth-order valence-corrected chi connectivity index (χ4v) is 3.71. The zero-order valence-electron chi connectivity index (χ0n) is 15.6. The van der Waals surface area contributed by atoms with E-state index < -0.39 is 0 Å². The molecule has 29 heavy (non-hydrogen) atoms. The van der Waals surface area contributed by atoms with E-state index in [2.05, 4.69) is 15.4 Å². The Morgan fingerprint density at radius 1 is 1.24 bits per heavy atom. The molecule has 0 amide bonds. The van der Waals surface area contributed by atoms with E-state index in [1.165, 1.54) is 12.1 Å². The van der Waals surface area contributed by atoms with Crippen molar-refractivity contribution in [3.63, 3.8) is 0 Å². The van der Waals surface area contributed by atoms with Gasteiger partial charge in [0.1, 0.15) is 23.5 Å². The summed E-state index contributed by atoms with van der Waals surface area (Å²) in [6.07, 6.45) is 7.18. The molecule has 8 nitrogen and oxygen atoms in total. The van der Waals surface area contributed by atoms with Gasteiger partial charge in [-0.05, 0) is 43.2 Å². The number of benzene rings is 1. The van der Waals surface area contributed by atoms with Gasteiger partial charge in [0.25, 0.3) is 0 Å². The number of hydrogen-bond donors (Lipinski definition) is 2. The molecular weight excluding hydrogens is 373 g/mol. The van der Waals surface area contributed by atoms with Crippen molar-refractivity contribution in [3.05, 3.63) is 60.9 Å². The summed E-state index contributed by atoms with van der Waals surface area (Å²) in [5.41, 5.74) is 1.50. The summed E-state index contributed by atoms with van der Waals surface area (Å²) in [4.78, 5) is 11.1. The molecule has 148 valence electrons. The van der Waals surface area contributed by atoms with Crippen molar-refractivity contribution in [2.24, 2.45) is 0 Å². The molecule has 0 spiro atoms. The monoisotopic (exact) mass is 393 g/mol. The highest BCUT2D eigenvalue weighted by Gasteiger charge is 2.27. The molecule has 1 aliphatic rings. The van der Waals surface area contributed by atoms with Crippen molar-refractivity contribution in [1.29, 1.82) is 0 Å². The zero-order chi connectivity index (χ0) is 19.8. The van der Waals surface area contributed by atoms with Crippen LogP contribution in [-0.4, -0.2) is 48.4 Å². The third-order valence-electron chi connectivity index (χ3n) is 5.16. The van der Waals surface area contributed by atoms with Crippen molar-refractivity contribution >= 4 is 23.1 Å². The zero-order valence-corrected chi connectivity index (χ0v) is 15.6. The van der Waals surface area contributed by atoms with Crippen LogP contribution in [0.15, 0.2) is 55.1 Å². The maximum atomic E-state index is 13.5. The van der Waals surface area contributed by atoms with E-state index in [0.717, 1.165) is 24.9 Å². The number of imidazole rings is 1. The van der Waals surface area contributed by atoms with Crippen molar-refractivity contribution in [3.8, 4) is 5.69 Å². The Labute approximate surface area is 166 Å². The molecule has 1 fully saturated rings. The van der Waals surface area contributed by atoms with Gasteiger partial charge in [-0.15, -0.1) is 5.10 Å². The standard InChI is InChI=1S/C20H20FN7O/c21-14-4-1-5-15(10-14)26-11-18(22-13-26)23-19-17-7-3-9-28(17)25-20(24-19)27-8-2-6-16(27)12-29/h1,3-5,7,9-11,13,16,29H,2,6,8,12H2,(H,23,24,25). The topological polar surface area (TPSA) is 83.5 Å². The van der Waals surface area contributed by atoms with Crippen molar-refractivity contribution in [2.75, 3.05) is 23.4 Å². The molecule has 5 rings (SSSR count). The molecule has 2 N–H and O–H groups in total. The molecule has 4 aromatic rings. The number of fused-ring (bicyclic) bond motifs is 1. The van der Waals surface area contributed by atoms with Gasteiger partial charge in [-0.25, -0.2) is 13.9 Å². The van der Waals surface area contributed by atoms with Crippen molar-refractivity contribution < 1.29 is 9.50 Å². The lowest BCUT2D eigenvalue weighted by molar-refractivity contribution is 0.265. The van der Waals surface area contributed by atoms with Gasteiger partial charge < -0.3 is 19.9 Å². The minimum Gasteiger partial charge on any atom is -0.394 e. The van der Waals surface area contributed by atoms with Crippen LogP contribution in [-0.2, 0) is 0 Å². The quantitative estimate of drug-likeness (QED) is 0.543. The van der Waals surface area contributed by atoms with Gasteiger partial charge in [0.15, 0.2) is 5.82 Å². The summed E-state index contributed by atoms with van der Waals surface area (Å²) in [6.45, 7) is 0.888. The smallest absolute Gasteiger partial charge is 0.245 e. The molecule has 1 unspecified atom stereocenters. The number of halogens is 1. The van der Waals surface area contributed by atoms with Crippen LogP contribution in [0.1, 0.15) is 12.8 Å². The van der Waals surface area contributed by atoms with E-state index in [4.69, 9.17) is 4.98 Å². The van der Waals surface area contributed by atoms with Crippen LogP contribution >= 0.6 is 0 Å².